The first-order valence-corrected chi connectivity index (χ1v) is 6.06. The third-order valence-electron chi connectivity index (χ3n) is 3.07. The SMILES string of the molecule is Cc1ccc(N)c(C)c1.Cc1cccc(N)c1C. The Morgan fingerprint density at radius 3 is 1.83 bits per heavy atom. The highest BCUT2D eigenvalue weighted by Gasteiger charge is 1.92. The summed E-state index contributed by atoms with van der Waals surface area (Å²) in [4.78, 5) is 0. The number of hydrogen-bond acceptors (Lipinski definition) is 2. The van der Waals surface area contributed by atoms with Gasteiger partial charge in [-0.05, 0) is 56.5 Å². The zero-order valence-electron chi connectivity index (χ0n) is 11.6. The number of anilines is 2. The van der Waals surface area contributed by atoms with E-state index >= 15 is 0 Å². The molecule has 2 rings (SSSR count). The lowest BCUT2D eigenvalue weighted by Gasteiger charge is -2.00. The average molecular weight is 242 g/mol. The maximum atomic E-state index is 5.62. The second-order valence-corrected chi connectivity index (χ2v) is 4.65. The van der Waals surface area contributed by atoms with Crippen LogP contribution in [0.5, 0.6) is 0 Å². The predicted octanol–water partition coefficient (Wildman–Crippen LogP) is 3.77. The molecular weight excluding hydrogens is 220 g/mol. The third kappa shape index (κ3) is 3.81. The van der Waals surface area contributed by atoms with E-state index in [1.54, 1.807) is 0 Å². The fraction of sp³-hybridized carbons (Fsp3) is 0.250. The summed E-state index contributed by atoms with van der Waals surface area (Å²) < 4.78 is 0. The van der Waals surface area contributed by atoms with Crippen LogP contribution in [0.25, 0.3) is 0 Å². The van der Waals surface area contributed by atoms with Gasteiger partial charge in [0, 0.05) is 11.4 Å². The summed E-state index contributed by atoms with van der Waals surface area (Å²) in [6.07, 6.45) is 0. The van der Waals surface area contributed by atoms with Crippen LogP contribution in [0.1, 0.15) is 22.3 Å². The van der Waals surface area contributed by atoms with Crippen molar-refractivity contribution in [1.29, 1.82) is 0 Å². The van der Waals surface area contributed by atoms with Crippen molar-refractivity contribution >= 4 is 11.4 Å². The minimum absolute atomic E-state index is 0.876. The van der Waals surface area contributed by atoms with Crippen LogP contribution in [0, 0.1) is 27.7 Å². The summed E-state index contributed by atoms with van der Waals surface area (Å²) >= 11 is 0. The molecule has 0 heterocycles. The molecule has 0 saturated heterocycles. The molecule has 4 N–H and O–H groups in total. The maximum absolute atomic E-state index is 5.62. The number of hydrogen-bond donors (Lipinski definition) is 2. The minimum atomic E-state index is 0.876. The summed E-state index contributed by atoms with van der Waals surface area (Å²) in [5, 5.41) is 0. The molecule has 0 aliphatic heterocycles. The van der Waals surface area contributed by atoms with Crippen LogP contribution in [0.3, 0.4) is 0 Å². The highest BCUT2D eigenvalue weighted by Crippen LogP contribution is 2.13. The van der Waals surface area contributed by atoms with Gasteiger partial charge in [-0.2, -0.15) is 0 Å². The second kappa shape index (κ2) is 6.10. The van der Waals surface area contributed by atoms with E-state index in [-0.39, 0.29) is 0 Å². The Balaban J connectivity index is 0.000000180. The number of nitrogens with two attached hydrogens (primary N) is 2. The van der Waals surface area contributed by atoms with E-state index in [2.05, 4.69) is 26.0 Å². The molecule has 2 aromatic rings. The molecule has 0 amide bonds. The number of rotatable bonds is 0. The number of nitrogen functional groups attached to an aromatic ring is 2. The van der Waals surface area contributed by atoms with Gasteiger partial charge in [-0.15, -0.1) is 0 Å². The van der Waals surface area contributed by atoms with Gasteiger partial charge in [-0.25, -0.2) is 0 Å². The molecule has 2 aromatic carbocycles. The van der Waals surface area contributed by atoms with Crippen LogP contribution in [0.15, 0.2) is 36.4 Å². The molecule has 2 nitrogen and oxygen atoms in total. The van der Waals surface area contributed by atoms with E-state index in [9.17, 15) is 0 Å². The van der Waals surface area contributed by atoms with Gasteiger partial charge >= 0.3 is 0 Å². The molecule has 0 aliphatic carbocycles. The summed E-state index contributed by atoms with van der Waals surface area (Å²) in [6.45, 7) is 8.17. The van der Waals surface area contributed by atoms with E-state index < -0.39 is 0 Å². The van der Waals surface area contributed by atoms with E-state index in [4.69, 9.17) is 11.5 Å². The molecule has 18 heavy (non-hydrogen) atoms. The second-order valence-electron chi connectivity index (χ2n) is 4.65. The van der Waals surface area contributed by atoms with Gasteiger partial charge in [0.25, 0.3) is 0 Å². The summed E-state index contributed by atoms with van der Waals surface area (Å²) in [7, 11) is 0. The Hall–Kier alpha value is -1.96. The van der Waals surface area contributed by atoms with Crippen LogP contribution < -0.4 is 11.5 Å². The van der Waals surface area contributed by atoms with Gasteiger partial charge in [-0.3, -0.25) is 0 Å². The van der Waals surface area contributed by atoms with Crippen molar-refractivity contribution in [3.8, 4) is 0 Å². The molecule has 0 aliphatic rings. The Morgan fingerprint density at radius 1 is 0.722 bits per heavy atom. The lowest BCUT2D eigenvalue weighted by atomic mass is 10.1. The molecule has 0 atom stereocenters. The van der Waals surface area contributed by atoms with Crippen molar-refractivity contribution < 1.29 is 0 Å². The van der Waals surface area contributed by atoms with Gasteiger partial charge in [0.15, 0.2) is 0 Å². The summed E-state index contributed by atoms with van der Waals surface area (Å²) in [6, 6.07) is 12.0. The highest BCUT2D eigenvalue weighted by molar-refractivity contribution is 5.49. The Morgan fingerprint density at radius 2 is 1.39 bits per heavy atom. The highest BCUT2D eigenvalue weighted by atomic mass is 14.6. The first kappa shape index (κ1) is 14.1. The standard InChI is InChI=1S/2C8H11N/c1-6-3-4-8(9)7(2)5-6;1-6-4-3-5-8(9)7(6)2/h2*3-5H,9H2,1-2H3. The minimum Gasteiger partial charge on any atom is -0.399 e. The lowest BCUT2D eigenvalue weighted by Crippen LogP contribution is -1.90. The zero-order valence-corrected chi connectivity index (χ0v) is 11.6. The zero-order chi connectivity index (χ0) is 13.7. The molecule has 0 unspecified atom stereocenters. The van der Waals surface area contributed by atoms with Crippen LogP contribution in [-0.2, 0) is 0 Å². The van der Waals surface area contributed by atoms with E-state index in [0.29, 0.717) is 0 Å². The molecule has 0 bridgehead atoms. The molecule has 96 valence electrons. The number of benzene rings is 2. The quantitative estimate of drug-likeness (QED) is 0.691. The monoisotopic (exact) mass is 242 g/mol. The Bertz CT molecular complexity index is 510. The van der Waals surface area contributed by atoms with E-state index in [1.165, 1.54) is 16.7 Å². The first-order valence-electron chi connectivity index (χ1n) is 6.06. The van der Waals surface area contributed by atoms with Crippen molar-refractivity contribution in [2.45, 2.75) is 27.7 Å². The largest absolute Gasteiger partial charge is 0.399 e. The van der Waals surface area contributed by atoms with Gasteiger partial charge in [0.2, 0.25) is 0 Å². The maximum Gasteiger partial charge on any atom is 0.0346 e. The first-order chi connectivity index (χ1) is 8.41. The Kier molecular flexibility index (Phi) is 4.78. The molecule has 0 fully saturated rings. The molecule has 2 heteroatoms. The predicted molar refractivity (Wildman–Crippen MR) is 80.7 cm³/mol. The molecular formula is C16H22N2. The smallest absolute Gasteiger partial charge is 0.0346 e. The summed E-state index contributed by atoms with van der Waals surface area (Å²) in [5.74, 6) is 0. The van der Waals surface area contributed by atoms with Crippen molar-refractivity contribution in [3.05, 3.63) is 58.7 Å². The Labute approximate surface area is 110 Å². The van der Waals surface area contributed by atoms with Gasteiger partial charge in [0.1, 0.15) is 0 Å². The van der Waals surface area contributed by atoms with Crippen molar-refractivity contribution in [3.63, 3.8) is 0 Å². The molecule has 0 radical (unpaired) electrons. The summed E-state index contributed by atoms with van der Waals surface area (Å²) in [5.41, 5.74) is 17.8. The molecule has 0 saturated carbocycles. The van der Waals surface area contributed by atoms with Crippen LogP contribution in [-0.4, -0.2) is 0 Å². The van der Waals surface area contributed by atoms with Gasteiger partial charge < -0.3 is 11.5 Å². The van der Waals surface area contributed by atoms with Crippen LogP contribution in [0.4, 0.5) is 11.4 Å². The molecule has 0 aromatic heterocycles. The van der Waals surface area contributed by atoms with Crippen molar-refractivity contribution in [2.24, 2.45) is 0 Å². The number of aryl methyl sites for hydroxylation is 3. The van der Waals surface area contributed by atoms with E-state index in [1.807, 2.05) is 38.1 Å². The third-order valence-corrected chi connectivity index (χ3v) is 3.07. The topological polar surface area (TPSA) is 52.0 Å². The normalized spacial score (nSPS) is 9.56. The fourth-order valence-electron chi connectivity index (χ4n) is 1.60. The molecule has 0 spiro atoms. The van der Waals surface area contributed by atoms with E-state index in [0.717, 1.165) is 16.9 Å². The van der Waals surface area contributed by atoms with Crippen molar-refractivity contribution in [2.75, 3.05) is 11.5 Å². The lowest BCUT2D eigenvalue weighted by molar-refractivity contribution is 1.35. The average Bonchev–Trinajstić information content (AvgIpc) is 2.32. The van der Waals surface area contributed by atoms with Crippen LogP contribution in [0.2, 0.25) is 0 Å². The van der Waals surface area contributed by atoms with Crippen molar-refractivity contribution in [1.82, 2.24) is 0 Å². The van der Waals surface area contributed by atoms with Gasteiger partial charge in [0.05, 0.1) is 0 Å². The van der Waals surface area contributed by atoms with Crippen LogP contribution >= 0.6 is 0 Å². The van der Waals surface area contributed by atoms with Gasteiger partial charge in [-0.1, -0.05) is 29.8 Å². The fourth-order valence-corrected chi connectivity index (χ4v) is 1.60.